The van der Waals surface area contributed by atoms with Crippen molar-refractivity contribution in [2.45, 2.75) is 0 Å². The molecule has 0 fully saturated rings. The van der Waals surface area contributed by atoms with Gasteiger partial charge in [-0.3, -0.25) is 0 Å². The van der Waals surface area contributed by atoms with Crippen LogP contribution in [-0.4, -0.2) is 18.3 Å². The number of anilines is 2. The molecule has 0 aliphatic rings. The molecule has 0 atom stereocenters. The Hall–Kier alpha value is -0.930. The van der Waals surface area contributed by atoms with Crippen LogP contribution in [0.1, 0.15) is 0 Å². The number of nitrogens with one attached hydrogen (secondary N) is 1. The van der Waals surface area contributed by atoms with E-state index in [0.29, 0.717) is 22.9 Å². The first-order valence-electron chi connectivity index (χ1n) is 3.64. The zero-order valence-electron chi connectivity index (χ0n) is 6.55. The topological polar surface area (TPSA) is 58.3 Å². The van der Waals surface area contributed by atoms with Crippen molar-refractivity contribution < 1.29 is 5.11 Å². The van der Waals surface area contributed by atoms with Crippen LogP contribution in [0.15, 0.2) is 18.2 Å². The molecule has 0 aromatic heterocycles. The molecule has 12 heavy (non-hydrogen) atoms. The van der Waals surface area contributed by atoms with E-state index in [9.17, 15) is 0 Å². The van der Waals surface area contributed by atoms with Gasteiger partial charge in [0.05, 0.1) is 23.0 Å². The molecule has 0 aliphatic carbocycles. The predicted octanol–water partition coefficient (Wildman–Crippen LogP) is 1.33. The predicted molar refractivity (Wildman–Crippen MR) is 51.4 cm³/mol. The standard InChI is InChI=1S/C8H11ClN2O/c9-6-2-1-3-7(10)8(6)11-4-5-12/h1-3,11-12H,4-5,10H2. The van der Waals surface area contributed by atoms with Crippen LogP contribution in [0, 0.1) is 0 Å². The molecule has 0 bridgehead atoms. The molecule has 0 unspecified atom stereocenters. The lowest BCUT2D eigenvalue weighted by Gasteiger charge is -2.08. The molecular formula is C8H11ClN2O. The summed E-state index contributed by atoms with van der Waals surface area (Å²) in [6, 6.07) is 5.28. The minimum absolute atomic E-state index is 0.0602. The maximum Gasteiger partial charge on any atom is 0.0763 e. The second kappa shape index (κ2) is 4.18. The third-order valence-electron chi connectivity index (χ3n) is 1.46. The average molecular weight is 187 g/mol. The summed E-state index contributed by atoms with van der Waals surface area (Å²) in [4.78, 5) is 0. The summed E-state index contributed by atoms with van der Waals surface area (Å²) in [6.45, 7) is 0.512. The summed E-state index contributed by atoms with van der Waals surface area (Å²) >= 11 is 5.84. The molecule has 0 saturated heterocycles. The number of halogens is 1. The van der Waals surface area contributed by atoms with E-state index in [4.69, 9.17) is 22.4 Å². The highest BCUT2D eigenvalue weighted by atomic mass is 35.5. The van der Waals surface area contributed by atoms with Gasteiger partial charge in [-0.25, -0.2) is 0 Å². The Balaban J connectivity index is 2.81. The molecule has 4 N–H and O–H groups in total. The van der Waals surface area contributed by atoms with Gasteiger partial charge in [-0.1, -0.05) is 17.7 Å². The number of nitrogens with two attached hydrogens (primary N) is 1. The second-order valence-corrected chi connectivity index (χ2v) is 2.76. The van der Waals surface area contributed by atoms with Gasteiger partial charge < -0.3 is 16.2 Å². The van der Waals surface area contributed by atoms with Gasteiger partial charge in [0.15, 0.2) is 0 Å². The molecular weight excluding hydrogens is 176 g/mol. The summed E-state index contributed by atoms with van der Waals surface area (Å²) in [5.74, 6) is 0. The first kappa shape index (κ1) is 9.16. The Morgan fingerprint density at radius 3 is 2.83 bits per heavy atom. The van der Waals surface area contributed by atoms with Gasteiger partial charge in [0.2, 0.25) is 0 Å². The fourth-order valence-electron chi connectivity index (χ4n) is 0.908. The van der Waals surface area contributed by atoms with Crippen molar-refractivity contribution in [1.82, 2.24) is 0 Å². The average Bonchev–Trinajstić information content (AvgIpc) is 2.04. The van der Waals surface area contributed by atoms with Crippen LogP contribution in [0.25, 0.3) is 0 Å². The van der Waals surface area contributed by atoms with Gasteiger partial charge in [-0.15, -0.1) is 0 Å². The Morgan fingerprint density at radius 2 is 2.25 bits per heavy atom. The highest BCUT2D eigenvalue weighted by Crippen LogP contribution is 2.27. The SMILES string of the molecule is Nc1cccc(Cl)c1NCCO. The lowest BCUT2D eigenvalue weighted by atomic mass is 10.2. The van der Waals surface area contributed by atoms with Crippen molar-refractivity contribution >= 4 is 23.0 Å². The summed E-state index contributed by atoms with van der Waals surface area (Å²) in [6.07, 6.45) is 0. The second-order valence-electron chi connectivity index (χ2n) is 2.35. The zero-order valence-corrected chi connectivity index (χ0v) is 7.30. The third kappa shape index (κ3) is 2.03. The third-order valence-corrected chi connectivity index (χ3v) is 1.77. The van der Waals surface area contributed by atoms with E-state index in [-0.39, 0.29) is 6.61 Å². The normalized spacial score (nSPS) is 9.83. The van der Waals surface area contributed by atoms with Crippen molar-refractivity contribution in [2.75, 3.05) is 24.2 Å². The van der Waals surface area contributed by atoms with Gasteiger partial charge in [0, 0.05) is 6.54 Å². The number of para-hydroxylation sites is 1. The largest absolute Gasteiger partial charge is 0.397 e. The molecule has 0 spiro atoms. The van der Waals surface area contributed by atoms with E-state index < -0.39 is 0 Å². The van der Waals surface area contributed by atoms with E-state index >= 15 is 0 Å². The zero-order chi connectivity index (χ0) is 8.97. The lowest BCUT2D eigenvalue weighted by molar-refractivity contribution is 0.311. The van der Waals surface area contributed by atoms with E-state index in [1.165, 1.54) is 0 Å². The summed E-state index contributed by atoms with van der Waals surface area (Å²) in [5, 5.41) is 12.1. The number of hydrogen-bond donors (Lipinski definition) is 3. The molecule has 1 rings (SSSR count). The number of aliphatic hydroxyl groups is 1. The van der Waals surface area contributed by atoms with Gasteiger partial charge in [0.25, 0.3) is 0 Å². The molecule has 4 heteroatoms. The maximum absolute atomic E-state index is 8.56. The smallest absolute Gasteiger partial charge is 0.0763 e. The van der Waals surface area contributed by atoms with Crippen LogP contribution in [-0.2, 0) is 0 Å². The van der Waals surface area contributed by atoms with E-state index in [2.05, 4.69) is 5.32 Å². The molecule has 0 amide bonds. The molecule has 1 aromatic rings. The van der Waals surface area contributed by atoms with Crippen molar-refractivity contribution in [3.63, 3.8) is 0 Å². The fraction of sp³-hybridized carbons (Fsp3) is 0.250. The van der Waals surface area contributed by atoms with Crippen LogP contribution in [0.5, 0.6) is 0 Å². The van der Waals surface area contributed by atoms with Gasteiger partial charge >= 0.3 is 0 Å². The van der Waals surface area contributed by atoms with Crippen LogP contribution in [0.3, 0.4) is 0 Å². The number of nitrogen functional groups attached to an aromatic ring is 1. The molecule has 0 radical (unpaired) electrons. The Bertz CT molecular complexity index is 245. The highest BCUT2D eigenvalue weighted by Gasteiger charge is 2.01. The first-order chi connectivity index (χ1) is 5.75. The van der Waals surface area contributed by atoms with Crippen LogP contribution in [0.2, 0.25) is 5.02 Å². The quantitative estimate of drug-likeness (QED) is 0.625. The van der Waals surface area contributed by atoms with Gasteiger partial charge in [-0.05, 0) is 12.1 Å². The van der Waals surface area contributed by atoms with E-state index in [1.807, 2.05) is 0 Å². The minimum Gasteiger partial charge on any atom is -0.397 e. The van der Waals surface area contributed by atoms with Crippen molar-refractivity contribution in [2.24, 2.45) is 0 Å². The maximum atomic E-state index is 8.56. The molecule has 0 saturated carbocycles. The van der Waals surface area contributed by atoms with Crippen molar-refractivity contribution in [3.05, 3.63) is 23.2 Å². The number of rotatable bonds is 3. The summed E-state index contributed by atoms with van der Waals surface area (Å²) < 4.78 is 0. The van der Waals surface area contributed by atoms with E-state index in [1.54, 1.807) is 18.2 Å². The van der Waals surface area contributed by atoms with Crippen LogP contribution >= 0.6 is 11.6 Å². The van der Waals surface area contributed by atoms with Gasteiger partial charge in [-0.2, -0.15) is 0 Å². The van der Waals surface area contributed by atoms with Gasteiger partial charge in [0.1, 0.15) is 0 Å². The van der Waals surface area contributed by atoms with Crippen molar-refractivity contribution in [1.29, 1.82) is 0 Å². The molecule has 1 aromatic carbocycles. The van der Waals surface area contributed by atoms with Crippen LogP contribution < -0.4 is 11.1 Å². The highest BCUT2D eigenvalue weighted by molar-refractivity contribution is 6.33. The Morgan fingerprint density at radius 1 is 1.50 bits per heavy atom. The summed E-state index contributed by atoms with van der Waals surface area (Å²) in [7, 11) is 0. The number of benzene rings is 1. The molecule has 0 heterocycles. The minimum atomic E-state index is 0.0602. The molecule has 0 aliphatic heterocycles. The van der Waals surface area contributed by atoms with E-state index in [0.717, 1.165) is 0 Å². The van der Waals surface area contributed by atoms with Crippen molar-refractivity contribution in [3.8, 4) is 0 Å². The number of aliphatic hydroxyl groups excluding tert-OH is 1. The Labute approximate surface area is 76.1 Å². The first-order valence-corrected chi connectivity index (χ1v) is 4.02. The fourth-order valence-corrected chi connectivity index (χ4v) is 1.16. The van der Waals surface area contributed by atoms with Crippen LogP contribution in [0.4, 0.5) is 11.4 Å². The lowest BCUT2D eigenvalue weighted by Crippen LogP contribution is -2.07. The Kier molecular flexibility index (Phi) is 3.19. The number of hydrogen-bond acceptors (Lipinski definition) is 3. The summed E-state index contributed by atoms with van der Waals surface area (Å²) in [5.41, 5.74) is 6.92. The molecule has 3 nitrogen and oxygen atoms in total. The molecule has 66 valence electrons. The monoisotopic (exact) mass is 186 g/mol.